The maximum Gasteiger partial charge on any atom is 0.280 e. The fourth-order valence-corrected chi connectivity index (χ4v) is 3.44. The lowest BCUT2D eigenvalue weighted by atomic mass is 10.1. The number of nitro groups is 1. The highest BCUT2D eigenvalue weighted by molar-refractivity contribution is 7.18. The number of hydrogen-bond acceptors (Lipinski definition) is 8. The number of anilines is 2. The lowest BCUT2D eigenvalue weighted by molar-refractivity contribution is -0.385. The van der Waals surface area contributed by atoms with Crippen molar-refractivity contribution in [1.29, 1.82) is 0 Å². The second-order valence-corrected chi connectivity index (χ2v) is 6.37. The molecule has 1 saturated heterocycles. The van der Waals surface area contributed by atoms with Gasteiger partial charge in [0.1, 0.15) is 16.3 Å². The fourth-order valence-electron chi connectivity index (χ4n) is 2.52. The van der Waals surface area contributed by atoms with Crippen molar-refractivity contribution in [3.63, 3.8) is 0 Å². The van der Waals surface area contributed by atoms with Crippen LogP contribution in [0, 0.1) is 10.1 Å². The zero-order chi connectivity index (χ0) is 17.1. The number of nitrogens with two attached hydrogens (primary N) is 1. The Hall–Kier alpha value is -2.52. The molecule has 8 nitrogen and oxygen atoms in total. The molecule has 126 valence electrons. The van der Waals surface area contributed by atoms with Gasteiger partial charge in [-0.15, -0.1) is 0 Å². The Labute approximate surface area is 141 Å². The number of ketones is 1. The molecule has 2 aromatic rings. The van der Waals surface area contributed by atoms with Crippen LogP contribution in [0.2, 0.25) is 0 Å². The highest BCUT2D eigenvalue weighted by atomic mass is 32.1. The maximum atomic E-state index is 12.6. The summed E-state index contributed by atoms with van der Waals surface area (Å²) in [6.45, 7) is 1.36. The highest BCUT2D eigenvalue weighted by Gasteiger charge is 2.25. The van der Waals surface area contributed by atoms with Gasteiger partial charge in [0.05, 0.1) is 4.92 Å². The zero-order valence-corrected chi connectivity index (χ0v) is 13.5. The predicted octanol–water partition coefficient (Wildman–Crippen LogP) is 2.46. The van der Waals surface area contributed by atoms with E-state index in [4.69, 9.17) is 10.5 Å². The predicted molar refractivity (Wildman–Crippen MR) is 90.5 cm³/mol. The molecule has 1 fully saturated rings. The molecule has 3 rings (SSSR count). The fraction of sp³-hybridized carbons (Fsp3) is 0.333. The van der Waals surface area contributed by atoms with Crippen LogP contribution in [-0.4, -0.2) is 34.9 Å². The Morgan fingerprint density at radius 1 is 1.38 bits per heavy atom. The monoisotopic (exact) mass is 348 g/mol. The largest absolute Gasteiger partial charge is 0.382 e. The van der Waals surface area contributed by atoms with Crippen molar-refractivity contribution in [2.24, 2.45) is 0 Å². The number of carbonyl (C=O) groups is 1. The first kappa shape index (κ1) is 16.3. The van der Waals surface area contributed by atoms with Crippen LogP contribution in [0.3, 0.4) is 0 Å². The standard InChI is InChI=1S/C15H16N4O4S/c16-14-13(12(20)10-3-1-2-4-11(10)19(21)22)24-15(18-14)17-9-5-7-23-8-6-9/h1-4,9H,5-8,16H2,(H,17,18). The van der Waals surface area contributed by atoms with Gasteiger partial charge in [-0.3, -0.25) is 14.9 Å². The Kier molecular flexibility index (Phi) is 4.72. The van der Waals surface area contributed by atoms with Gasteiger partial charge in [0.15, 0.2) is 5.13 Å². The normalized spacial score (nSPS) is 15.2. The Balaban J connectivity index is 1.84. The first-order chi connectivity index (χ1) is 11.6. The number of benzene rings is 1. The van der Waals surface area contributed by atoms with Crippen molar-refractivity contribution < 1.29 is 14.5 Å². The summed E-state index contributed by atoms with van der Waals surface area (Å²) in [4.78, 5) is 27.5. The molecule has 1 aliphatic rings. The van der Waals surface area contributed by atoms with Crippen molar-refractivity contribution >= 4 is 33.8 Å². The number of rotatable bonds is 5. The second kappa shape index (κ2) is 6.93. The van der Waals surface area contributed by atoms with E-state index >= 15 is 0 Å². The maximum absolute atomic E-state index is 12.6. The van der Waals surface area contributed by atoms with Crippen LogP contribution in [0.5, 0.6) is 0 Å². The summed E-state index contributed by atoms with van der Waals surface area (Å²) < 4.78 is 5.30. The number of carbonyl (C=O) groups excluding carboxylic acids is 1. The summed E-state index contributed by atoms with van der Waals surface area (Å²) in [5.41, 5.74) is 5.62. The molecule has 1 aliphatic heterocycles. The molecule has 0 radical (unpaired) electrons. The molecule has 0 amide bonds. The van der Waals surface area contributed by atoms with E-state index in [1.165, 1.54) is 18.2 Å². The van der Waals surface area contributed by atoms with Crippen LogP contribution in [0.25, 0.3) is 0 Å². The Bertz CT molecular complexity index is 771. The lowest BCUT2D eigenvalue weighted by Gasteiger charge is -2.22. The highest BCUT2D eigenvalue weighted by Crippen LogP contribution is 2.31. The van der Waals surface area contributed by atoms with Gasteiger partial charge in [-0.05, 0) is 18.9 Å². The molecule has 1 aromatic carbocycles. The molecule has 1 aromatic heterocycles. The number of aromatic nitrogens is 1. The molecule has 24 heavy (non-hydrogen) atoms. The van der Waals surface area contributed by atoms with Gasteiger partial charge < -0.3 is 15.8 Å². The molecular weight excluding hydrogens is 332 g/mol. The average Bonchev–Trinajstić information content (AvgIpc) is 2.95. The van der Waals surface area contributed by atoms with E-state index in [0.29, 0.717) is 18.3 Å². The Morgan fingerprint density at radius 3 is 2.79 bits per heavy atom. The van der Waals surface area contributed by atoms with E-state index in [1.54, 1.807) is 6.07 Å². The van der Waals surface area contributed by atoms with Gasteiger partial charge in [0.25, 0.3) is 5.69 Å². The third kappa shape index (κ3) is 3.36. The van der Waals surface area contributed by atoms with Crippen molar-refractivity contribution in [3.8, 4) is 0 Å². The molecule has 0 aliphatic carbocycles. The number of ether oxygens (including phenoxy) is 1. The first-order valence-electron chi connectivity index (χ1n) is 7.45. The van der Waals surface area contributed by atoms with Gasteiger partial charge >= 0.3 is 0 Å². The minimum atomic E-state index is -0.578. The van der Waals surface area contributed by atoms with Crippen LogP contribution in [0.15, 0.2) is 24.3 Å². The van der Waals surface area contributed by atoms with Crippen molar-refractivity contribution in [3.05, 3.63) is 44.8 Å². The summed E-state index contributed by atoms with van der Waals surface area (Å²) in [5.74, 6) is -0.407. The summed E-state index contributed by atoms with van der Waals surface area (Å²) in [5, 5.41) is 14.9. The third-order valence-corrected chi connectivity index (χ3v) is 4.76. The van der Waals surface area contributed by atoms with Crippen LogP contribution in [-0.2, 0) is 4.74 Å². The van der Waals surface area contributed by atoms with E-state index in [-0.39, 0.29) is 28.0 Å². The first-order valence-corrected chi connectivity index (χ1v) is 8.26. The number of thiazole rings is 1. The van der Waals surface area contributed by atoms with Crippen LogP contribution >= 0.6 is 11.3 Å². The summed E-state index contributed by atoms with van der Waals surface area (Å²) >= 11 is 1.12. The Morgan fingerprint density at radius 2 is 2.08 bits per heavy atom. The molecule has 3 N–H and O–H groups in total. The van der Waals surface area contributed by atoms with Gasteiger partial charge in [-0.1, -0.05) is 23.5 Å². The number of nitrogen functional groups attached to an aromatic ring is 1. The van der Waals surface area contributed by atoms with Crippen molar-refractivity contribution in [1.82, 2.24) is 4.98 Å². The van der Waals surface area contributed by atoms with E-state index in [0.717, 1.165) is 24.2 Å². The van der Waals surface area contributed by atoms with Crippen LogP contribution in [0.1, 0.15) is 28.1 Å². The third-order valence-electron chi connectivity index (χ3n) is 3.75. The SMILES string of the molecule is Nc1nc(NC2CCOCC2)sc1C(=O)c1ccccc1[N+](=O)[O-]. The van der Waals surface area contributed by atoms with E-state index in [2.05, 4.69) is 10.3 Å². The summed E-state index contributed by atoms with van der Waals surface area (Å²) in [7, 11) is 0. The van der Waals surface area contributed by atoms with Crippen LogP contribution in [0.4, 0.5) is 16.6 Å². The number of nitro benzene ring substituents is 1. The van der Waals surface area contributed by atoms with Crippen molar-refractivity contribution in [2.45, 2.75) is 18.9 Å². The number of para-hydroxylation sites is 1. The molecular formula is C15H16N4O4S. The van der Waals surface area contributed by atoms with Gasteiger partial charge in [0, 0.05) is 25.3 Å². The number of hydrogen-bond donors (Lipinski definition) is 2. The second-order valence-electron chi connectivity index (χ2n) is 5.37. The molecule has 0 spiro atoms. The smallest absolute Gasteiger partial charge is 0.280 e. The van der Waals surface area contributed by atoms with E-state index in [9.17, 15) is 14.9 Å². The zero-order valence-electron chi connectivity index (χ0n) is 12.7. The van der Waals surface area contributed by atoms with E-state index in [1.807, 2.05) is 0 Å². The van der Waals surface area contributed by atoms with Crippen molar-refractivity contribution in [2.75, 3.05) is 24.3 Å². The molecule has 0 unspecified atom stereocenters. The molecule has 0 bridgehead atoms. The molecule has 9 heteroatoms. The van der Waals surface area contributed by atoms with Gasteiger partial charge in [-0.25, -0.2) is 4.98 Å². The number of nitrogens with zero attached hydrogens (tertiary/aromatic N) is 2. The average molecular weight is 348 g/mol. The topological polar surface area (TPSA) is 120 Å². The quantitative estimate of drug-likeness (QED) is 0.483. The molecule has 2 heterocycles. The minimum absolute atomic E-state index is 0.00969. The summed E-state index contributed by atoms with van der Waals surface area (Å²) in [6.07, 6.45) is 1.71. The van der Waals surface area contributed by atoms with E-state index < -0.39 is 10.7 Å². The molecule has 0 atom stereocenters. The minimum Gasteiger partial charge on any atom is -0.382 e. The lowest BCUT2D eigenvalue weighted by Crippen LogP contribution is -2.27. The summed E-state index contributed by atoms with van der Waals surface area (Å²) in [6, 6.07) is 6.04. The van der Waals surface area contributed by atoms with Gasteiger partial charge in [-0.2, -0.15) is 0 Å². The molecule has 0 saturated carbocycles. The van der Waals surface area contributed by atoms with Gasteiger partial charge in [0.2, 0.25) is 5.78 Å². The number of nitrogens with one attached hydrogen (secondary N) is 1. The van der Waals surface area contributed by atoms with Crippen LogP contribution < -0.4 is 11.1 Å².